The molecule has 0 spiro atoms. The molecule has 0 saturated carbocycles. The van der Waals surface area contributed by atoms with Crippen LogP contribution in [0.3, 0.4) is 0 Å². The second kappa shape index (κ2) is 6.86. The zero-order valence-electron chi connectivity index (χ0n) is 13.5. The zero-order chi connectivity index (χ0) is 18.1. The van der Waals surface area contributed by atoms with Crippen LogP contribution in [0.15, 0.2) is 23.1 Å². The molecule has 1 N–H and O–H groups in total. The second-order valence-corrected chi connectivity index (χ2v) is 8.01. The average Bonchev–Trinajstić information content (AvgIpc) is 2.53. The molecule has 9 heteroatoms. The zero-order valence-corrected chi connectivity index (χ0v) is 14.3. The molecule has 1 aliphatic rings. The highest BCUT2D eigenvalue weighted by Crippen LogP contribution is 2.30. The van der Waals surface area contributed by atoms with Gasteiger partial charge in [0.25, 0.3) is 5.69 Å². The number of piperidine rings is 1. The van der Waals surface area contributed by atoms with E-state index in [0.717, 1.165) is 10.4 Å². The van der Waals surface area contributed by atoms with Crippen LogP contribution < -0.4 is 0 Å². The number of carboxylic acids is 1. The van der Waals surface area contributed by atoms with Crippen molar-refractivity contribution in [3.8, 4) is 0 Å². The van der Waals surface area contributed by atoms with Crippen LogP contribution >= 0.6 is 0 Å². The molecule has 1 aromatic carbocycles. The van der Waals surface area contributed by atoms with E-state index in [1.165, 1.54) is 12.1 Å². The van der Waals surface area contributed by atoms with Crippen molar-refractivity contribution in [2.75, 3.05) is 13.1 Å². The van der Waals surface area contributed by atoms with E-state index >= 15 is 0 Å². The van der Waals surface area contributed by atoms with E-state index in [2.05, 4.69) is 0 Å². The monoisotopic (exact) mass is 356 g/mol. The first-order chi connectivity index (χ1) is 11.2. The molecule has 1 aromatic rings. The van der Waals surface area contributed by atoms with E-state index in [9.17, 15) is 28.4 Å². The van der Waals surface area contributed by atoms with Gasteiger partial charge in [0.1, 0.15) is 0 Å². The van der Waals surface area contributed by atoms with Crippen molar-refractivity contribution < 1.29 is 23.2 Å². The van der Waals surface area contributed by atoms with Gasteiger partial charge in [-0.15, -0.1) is 0 Å². The van der Waals surface area contributed by atoms with Gasteiger partial charge < -0.3 is 5.11 Å². The molecule has 0 aromatic heterocycles. The van der Waals surface area contributed by atoms with Gasteiger partial charge in [-0.05, 0) is 24.3 Å². The molecular formula is C15H20N2O6S. The molecule has 1 fully saturated rings. The standard InChI is InChI=1S/C15H20N2O6S/c1-3-11-4-5-13(17(20)21)7-14(11)24(22,23)16-8-10(2)6-12(9-16)15(18)19/h4-5,7,10,12H,3,6,8-9H2,1-2H3,(H,18,19). The number of aryl methyl sites for hydroxylation is 1. The van der Waals surface area contributed by atoms with Crippen LogP contribution in [0, 0.1) is 22.0 Å². The normalized spacial score (nSPS) is 22.2. The van der Waals surface area contributed by atoms with Gasteiger partial charge in [0.15, 0.2) is 0 Å². The number of nitrogens with zero attached hydrogens (tertiary/aromatic N) is 2. The molecule has 0 bridgehead atoms. The summed E-state index contributed by atoms with van der Waals surface area (Å²) in [5.41, 5.74) is 0.177. The van der Waals surface area contributed by atoms with E-state index in [1.54, 1.807) is 13.8 Å². The van der Waals surface area contributed by atoms with E-state index in [0.29, 0.717) is 18.4 Å². The molecule has 0 amide bonds. The Labute approximate surface area is 140 Å². The number of carbonyl (C=O) groups is 1. The van der Waals surface area contributed by atoms with E-state index in [4.69, 9.17) is 0 Å². The van der Waals surface area contributed by atoms with Gasteiger partial charge in [0.05, 0.1) is 15.7 Å². The quantitative estimate of drug-likeness (QED) is 0.636. The third-order valence-corrected chi connectivity index (χ3v) is 6.15. The average molecular weight is 356 g/mol. The second-order valence-electron chi connectivity index (χ2n) is 6.10. The predicted molar refractivity (Wildman–Crippen MR) is 86.1 cm³/mol. The summed E-state index contributed by atoms with van der Waals surface area (Å²) in [6.07, 6.45) is 0.815. The Morgan fingerprint density at radius 3 is 2.62 bits per heavy atom. The minimum Gasteiger partial charge on any atom is -0.481 e. The van der Waals surface area contributed by atoms with Gasteiger partial charge in [-0.3, -0.25) is 14.9 Å². The first-order valence-corrected chi connectivity index (χ1v) is 9.11. The van der Waals surface area contributed by atoms with Crippen molar-refractivity contribution in [1.82, 2.24) is 4.31 Å². The lowest BCUT2D eigenvalue weighted by molar-refractivity contribution is -0.385. The lowest BCUT2D eigenvalue weighted by Crippen LogP contribution is -2.45. The van der Waals surface area contributed by atoms with Gasteiger partial charge in [0.2, 0.25) is 10.0 Å². The maximum atomic E-state index is 13.0. The molecule has 0 radical (unpaired) electrons. The van der Waals surface area contributed by atoms with Crippen LogP contribution in [-0.2, 0) is 21.2 Å². The molecular weight excluding hydrogens is 336 g/mol. The van der Waals surface area contributed by atoms with Crippen LogP contribution in [0.4, 0.5) is 5.69 Å². The predicted octanol–water partition coefficient (Wildman–Crippen LogP) is 1.89. The summed E-state index contributed by atoms with van der Waals surface area (Å²) in [6, 6.07) is 3.77. The number of benzene rings is 1. The van der Waals surface area contributed by atoms with Gasteiger partial charge in [0, 0.05) is 25.2 Å². The fourth-order valence-electron chi connectivity index (χ4n) is 3.01. The summed E-state index contributed by atoms with van der Waals surface area (Å²) in [4.78, 5) is 21.5. The third-order valence-electron chi connectivity index (χ3n) is 4.24. The molecule has 0 aliphatic carbocycles. The first kappa shape index (κ1) is 18.3. The number of hydrogen-bond acceptors (Lipinski definition) is 5. The highest BCUT2D eigenvalue weighted by Gasteiger charge is 2.37. The molecule has 8 nitrogen and oxygen atoms in total. The summed E-state index contributed by atoms with van der Waals surface area (Å²) >= 11 is 0. The number of aliphatic carboxylic acids is 1. The maximum absolute atomic E-state index is 13.0. The Bertz CT molecular complexity index is 761. The SMILES string of the molecule is CCc1ccc([N+](=O)[O-])cc1S(=O)(=O)N1CC(C)CC(C(=O)O)C1. The number of non-ortho nitro benzene ring substituents is 1. The van der Waals surface area contributed by atoms with Crippen LogP contribution in [-0.4, -0.2) is 41.8 Å². The number of nitro groups is 1. The van der Waals surface area contributed by atoms with Crippen LogP contribution in [0.2, 0.25) is 0 Å². The van der Waals surface area contributed by atoms with Gasteiger partial charge >= 0.3 is 5.97 Å². The Morgan fingerprint density at radius 2 is 2.08 bits per heavy atom. The number of sulfonamides is 1. The van der Waals surface area contributed by atoms with Crippen molar-refractivity contribution in [1.29, 1.82) is 0 Å². The third kappa shape index (κ3) is 3.57. The fourth-order valence-corrected chi connectivity index (χ4v) is 4.92. The van der Waals surface area contributed by atoms with Crippen molar-refractivity contribution >= 4 is 21.7 Å². The minimum absolute atomic E-state index is 0.0987. The molecule has 1 aliphatic heterocycles. The smallest absolute Gasteiger partial charge is 0.307 e. The highest BCUT2D eigenvalue weighted by molar-refractivity contribution is 7.89. The lowest BCUT2D eigenvalue weighted by atomic mass is 9.92. The lowest BCUT2D eigenvalue weighted by Gasteiger charge is -2.34. The molecule has 24 heavy (non-hydrogen) atoms. The summed E-state index contributed by atoms with van der Waals surface area (Å²) in [7, 11) is -3.99. The molecule has 2 rings (SSSR count). The minimum atomic E-state index is -3.99. The van der Waals surface area contributed by atoms with Crippen LogP contribution in [0.5, 0.6) is 0 Å². The number of nitro benzene ring substituents is 1. The van der Waals surface area contributed by atoms with Crippen LogP contribution in [0.1, 0.15) is 25.8 Å². The number of rotatable bonds is 5. The first-order valence-electron chi connectivity index (χ1n) is 7.67. The van der Waals surface area contributed by atoms with Crippen LogP contribution in [0.25, 0.3) is 0 Å². The summed E-state index contributed by atoms with van der Waals surface area (Å²) in [6.45, 7) is 3.65. The summed E-state index contributed by atoms with van der Waals surface area (Å²) in [5.74, 6) is -1.90. The Morgan fingerprint density at radius 1 is 1.42 bits per heavy atom. The molecule has 2 atom stereocenters. The topological polar surface area (TPSA) is 118 Å². The van der Waals surface area contributed by atoms with Gasteiger partial charge in [-0.2, -0.15) is 4.31 Å². The molecule has 132 valence electrons. The fraction of sp³-hybridized carbons (Fsp3) is 0.533. The number of carboxylic acid groups (broad SMARTS) is 1. The van der Waals surface area contributed by atoms with Crippen molar-refractivity contribution in [3.63, 3.8) is 0 Å². The van der Waals surface area contributed by atoms with Gasteiger partial charge in [-0.1, -0.05) is 19.9 Å². The maximum Gasteiger partial charge on any atom is 0.307 e. The Balaban J connectivity index is 2.47. The van der Waals surface area contributed by atoms with Crippen molar-refractivity contribution in [2.24, 2.45) is 11.8 Å². The Kier molecular flexibility index (Phi) is 5.24. The van der Waals surface area contributed by atoms with Crippen molar-refractivity contribution in [2.45, 2.75) is 31.6 Å². The number of hydrogen-bond donors (Lipinski definition) is 1. The summed E-state index contributed by atoms with van der Waals surface area (Å²) in [5, 5.41) is 20.2. The summed E-state index contributed by atoms with van der Waals surface area (Å²) < 4.78 is 27.1. The molecule has 1 saturated heterocycles. The largest absolute Gasteiger partial charge is 0.481 e. The van der Waals surface area contributed by atoms with E-state index in [-0.39, 0.29) is 29.6 Å². The van der Waals surface area contributed by atoms with Crippen molar-refractivity contribution in [3.05, 3.63) is 33.9 Å². The van der Waals surface area contributed by atoms with E-state index < -0.39 is 26.8 Å². The highest BCUT2D eigenvalue weighted by atomic mass is 32.2. The Hall–Kier alpha value is -2.00. The van der Waals surface area contributed by atoms with Gasteiger partial charge in [-0.25, -0.2) is 8.42 Å². The molecule has 2 unspecified atom stereocenters. The van der Waals surface area contributed by atoms with E-state index in [1.807, 2.05) is 0 Å². The molecule has 1 heterocycles.